The van der Waals surface area contributed by atoms with Crippen LogP contribution in [0.3, 0.4) is 0 Å². The summed E-state index contributed by atoms with van der Waals surface area (Å²) in [5.74, 6) is 2.43. The molecule has 2 aliphatic heterocycles. The maximum atomic E-state index is 5.72. The van der Waals surface area contributed by atoms with E-state index in [-0.39, 0.29) is 0 Å². The molecule has 2 saturated heterocycles. The molecular weight excluding hydrogens is 354 g/mol. The molecule has 0 amide bonds. The van der Waals surface area contributed by atoms with Crippen molar-refractivity contribution in [3.8, 4) is 11.5 Å². The smallest absolute Gasteiger partial charge is 0.122 e. The molecule has 2 heterocycles. The third-order valence-electron chi connectivity index (χ3n) is 6.58. The number of methoxy groups -OCH3 is 2. The van der Waals surface area contributed by atoms with Gasteiger partial charge in [0, 0.05) is 50.4 Å². The molecule has 0 radical (unpaired) electrons. The Morgan fingerprint density at radius 1 is 1.14 bits per heavy atom. The summed E-state index contributed by atoms with van der Waals surface area (Å²) in [5, 5.41) is 7.68. The van der Waals surface area contributed by atoms with E-state index in [9.17, 15) is 0 Å². The van der Waals surface area contributed by atoms with Gasteiger partial charge in [-0.05, 0) is 42.9 Å². The number of ether oxygens (including phenoxy) is 3. The first-order chi connectivity index (χ1) is 13.7. The standard InChI is InChI=1S/C22H35N3O3/c1-26-18-10-16(11-19(12-18)27-2)13-25-8-6-17(14-25)24-21-5-3-4-20(21)22-15-28-9-7-23-22/h10-12,17,20-24H,3-9,13-15H2,1-2H3. The monoisotopic (exact) mass is 389 g/mol. The molecule has 156 valence electrons. The topological polar surface area (TPSA) is 55.0 Å². The van der Waals surface area contributed by atoms with E-state index in [1.807, 2.05) is 6.07 Å². The molecule has 0 aromatic heterocycles. The number of rotatable bonds is 7. The van der Waals surface area contributed by atoms with Gasteiger partial charge in [-0.25, -0.2) is 0 Å². The van der Waals surface area contributed by atoms with Gasteiger partial charge < -0.3 is 24.8 Å². The minimum Gasteiger partial charge on any atom is -0.497 e. The Morgan fingerprint density at radius 3 is 2.68 bits per heavy atom. The number of nitrogens with zero attached hydrogens (tertiary/aromatic N) is 1. The van der Waals surface area contributed by atoms with Gasteiger partial charge in [0.25, 0.3) is 0 Å². The van der Waals surface area contributed by atoms with Crippen LogP contribution >= 0.6 is 0 Å². The predicted octanol–water partition coefficient (Wildman–Crippen LogP) is 2.02. The van der Waals surface area contributed by atoms with Crippen LogP contribution < -0.4 is 20.1 Å². The van der Waals surface area contributed by atoms with Gasteiger partial charge in [-0.3, -0.25) is 4.90 Å². The van der Waals surface area contributed by atoms with Crippen LogP contribution in [0.1, 0.15) is 31.2 Å². The van der Waals surface area contributed by atoms with Crippen molar-refractivity contribution in [2.24, 2.45) is 5.92 Å². The molecule has 0 bridgehead atoms. The van der Waals surface area contributed by atoms with E-state index in [0.29, 0.717) is 24.0 Å². The van der Waals surface area contributed by atoms with E-state index in [1.54, 1.807) is 14.2 Å². The SMILES string of the molecule is COc1cc(CN2CCC(NC3CCCC3C3COCCN3)C2)cc(OC)c1. The fourth-order valence-corrected chi connectivity index (χ4v) is 5.17. The average molecular weight is 390 g/mol. The third-order valence-corrected chi connectivity index (χ3v) is 6.58. The zero-order valence-electron chi connectivity index (χ0n) is 17.3. The van der Waals surface area contributed by atoms with Gasteiger partial charge in [-0.2, -0.15) is 0 Å². The van der Waals surface area contributed by atoms with E-state index < -0.39 is 0 Å². The molecule has 6 heteroatoms. The van der Waals surface area contributed by atoms with Gasteiger partial charge in [-0.15, -0.1) is 0 Å². The fraction of sp³-hybridized carbons (Fsp3) is 0.727. The van der Waals surface area contributed by atoms with Crippen LogP contribution in [0, 0.1) is 5.92 Å². The number of benzene rings is 1. The molecular formula is C22H35N3O3. The Morgan fingerprint density at radius 2 is 1.96 bits per heavy atom. The lowest BCUT2D eigenvalue weighted by Gasteiger charge is -2.34. The van der Waals surface area contributed by atoms with E-state index in [0.717, 1.165) is 50.9 Å². The summed E-state index contributed by atoms with van der Waals surface area (Å²) in [6, 6.07) is 7.90. The van der Waals surface area contributed by atoms with Crippen LogP contribution in [0.2, 0.25) is 0 Å². The first-order valence-electron chi connectivity index (χ1n) is 10.8. The van der Waals surface area contributed by atoms with Crippen molar-refractivity contribution in [2.75, 3.05) is 47.1 Å². The third kappa shape index (κ3) is 4.79. The minimum atomic E-state index is 0.524. The first-order valence-corrected chi connectivity index (χ1v) is 10.8. The van der Waals surface area contributed by atoms with E-state index >= 15 is 0 Å². The number of nitrogens with one attached hydrogen (secondary N) is 2. The summed E-state index contributed by atoms with van der Waals surface area (Å²) in [5.41, 5.74) is 1.25. The summed E-state index contributed by atoms with van der Waals surface area (Å²) in [4.78, 5) is 2.54. The van der Waals surface area contributed by atoms with Crippen LogP contribution in [-0.4, -0.2) is 70.1 Å². The number of likely N-dealkylation sites (tertiary alicyclic amines) is 1. The molecule has 4 unspecified atom stereocenters. The zero-order valence-corrected chi connectivity index (χ0v) is 17.3. The van der Waals surface area contributed by atoms with Crippen LogP contribution in [0.5, 0.6) is 11.5 Å². The largest absolute Gasteiger partial charge is 0.497 e. The molecule has 3 fully saturated rings. The molecule has 0 spiro atoms. The highest BCUT2D eigenvalue weighted by atomic mass is 16.5. The molecule has 1 aromatic carbocycles. The van der Waals surface area contributed by atoms with Crippen molar-refractivity contribution in [1.82, 2.24) is 15.5 Å². The first kappa shape index (κ1) is 20.0. The van der Waals surface area contributed by atoms with Gasteiger partial charge in [-0.1, -0.05) is 6.42 Å². The minimum absolute atomic E-state index is 0.524. The molecule has 28 heavy (non-hydrogen) atoms. The summed E-state index contributed by atoms with van der Waals surface area (Å²) < 4.78 is 16.5. The van der Waals surface area contributed by atoms with Crippen molar-refractivity contribution >= 4 is 0 Å². The second kappa shape index (κ2) is 9.44. The molecule has 2 N–H and O–H groups in total. The van der Waals surface area contributed by atoms with Crippen molar-refractivity contribution in [3.63, 3.8) is 0 Å². The molecule has 3 aliphatic rings. The Labute approximate surface area is 168 Å². The highest BCUT2D eigenvalue weighted by molar-refractivity contribution is 5.38. The molecule has 1 saturated carbocycles. The molecule has 1 aromatic rings. The quantitative estimate of drug-likeness (QED) is 0.744. The van der Waals surface area contributed by atoms with Gasteiger partial charge >= 0.3 is 0 Å². The second-order valence-corrected chi connectivity index (χ2v) is 8.45. The Hall–Kier alpha value is -1.34. The lowest BCUT2D eigenvalue weighted by Crippen LogP contribution is -2.52. The van der Waals surface area contributed by atoms with E-state index in [4.69, 9.17) is 14.2 Å². The highest BCUT2D eigenvalue weighted by Crippen LogP contribution is 2.31. The average Bonchev–Trinajstić information content (AvgIpc) is 3.38. The summed E-state index contributed by atoms with van der Waals surface area (Å²) in [6.07, 6.45) is 5.17. The second-order valence-electron chi connectivity index (χ2n) is 8.45. The fourth-order valence-electron chi connectivity index (χ4n) is 5.17. The van der Waals surface area contributed by atoms with Crippen LogP contribution in [0.15, 0.2) is 18.2 Å². The maximum absolute atomic E-state index is 5.72. The molecule has 6 nitrogen and oxygen atoms in total. The highest BCUT2D eigenvalue weighted by Gasteiger charge is 2.36. The summed E-state index contributed by atoms with van der Waals surface area (Å²) in [6.45, 7) is 5.91. The Bertz CT molecular complexity index is 613. The lowest BCUT2D eigenvalue weighted by molar-refractivity contribution is 0.0517. The Balaban J connectivity index is 1.30. The van der Waals surface area contributed by atoms with Crippen molar-refractivity contribution in [3.05, 3.63) is 23.8 Å². The van der Waals surface area contributed by atoms with Gasteiger partial charge in [0.05, 0.1) is 27.4 Å². The van der Waals surface area contributed by atoms with Gasteiger partial charge in [0.15, 0.2) is 0 Å². The molecule has 4 rings (SSSR count). The van der Waals surface area contributed by atoms with Crippen molar-refractivity contribution in [1.29, 1.82) is 0 Å². The van der Waals surface area contributed by atoms with Crippen molar-refractivity contribution in [2.45, 2.75) is 50.4 Å². The van der Waals surface area contributed by atoms with Crippen LogP contribution in [0.4, 0.5) is 0 Å². The summed E-state index contributed by atoms with van der Waals surface area (Å²) >= 11 is 0. The normalized spacial score (nSPS) is 31.2. The van der Waals surface area contributed by atoms with E-state index in [2.05, 4.69) is 27.7 Å². The molecule has 1 aliphatic carbocycles. The zero-order chi connectivity index (χ0) is 19.3. The predicted molar refractivity (Wildman–Crippen MR) is 110 cm³/mol. The summed E-state index contributed by atoms with van der Waals surface area (Å²) in [7, 11) is 3.41. The maximum Gasteiger partial charge on any atom is 0.122 e. The van der Waals surface area contributed by atoms with Crippen LogP contribution in [0.25, 0.3) is 0 Å². The number of hydrogen-bond acceptors (Lipinski definition) is 6. The van der Waals surface area contributed by atoms with Crippen LogP contribution in [-0.2, 0) is 11.3 Å². The molecule has 4 atom stereocenters. The lowest BCUT2D eigenvalue weighted by atomic mass is 9.93. The van der Waals surface area contributed by atoms with Crippen molar-refractivity contribution < 1.29 is 14.2 Å². The number of hydrogen-bond donors (Lipinski definition) is 2. The Kier molecular flexibility index (Phi) is 6.73. The number of morpholine rings is 1. The van der Waals surface area contributed by atoms with Gasteiger partial charge in [0.2, 0.25) is 0 Å². The van der Waals surface area contributed by atoms with Gasteiger partial charge in [0.1, 0.15) is 11.5 Å². The van der Waals surface area contributed by atoms with E-state index in [1.165, 1.54) is 31.2 Å².